The lowest BCUT2D eigenvalue weighted by molar-refractivity contribution is 0.0938. The van der Waals surface area contributed by atoms with Crippen LogP contribution in [0, 0.1) is 5.92 Å². The van der Waals surface area contributed by atoms with Gasteiger partial charge in [0.2, 0.25) is 0 Å². The number of nitrogens with zero attached hydrogens (tertiary/aromatic N) is 2. The van der Waals surface area contributed by atoms with Crippen LogP contribution in [0.2, 0.25) is 0 Å². The summed E-state index contributed by atoms with van der Waals surface area (Å²) < 4.78 is 1.34. The van der Waals surface area contributed by atoms with Gasteiger partial charge >= 0.3 is 0 Å². The summed E-state index contributed by atoms with van der Waals surface area (Å²) >= 11 is 5.27. The molecule has 1 amide bonds. The highest BCUT2D eigenvalue weighted by atomic mass is 32.1. The molecule has 0 bridgehead atoms. The summed E-state index contributed by atoms with van der Waals surface area (Å²) in [6.45, 7) is 7.53. The van der Waals surface area contributed by atoms with Crippen molar-refractivity contribution in [1.82, 2.24) is 25.9 Å². The first-order valence-electron chi connectivity index (χ1n) is 10.4. The third kappa shape index (κ3) is 6.25. The lowest BCUT2D eigenvalue weighted by Gasteiger charge is -2.17. The Kier molecular flexibility index (Phi) is 9.05. The number of fused-ring (bicyclic) bond motifs is 1. The van der Waals surface area contributed by atoms with Gasteiger partial charge in [0.1, 0.15) is 0 Å². The summed E-state index contributed by atoms with van der Waals surface area (Å²) in [7, 11) is 0. The van der Waals surface area contributed by atoms with Crippen molar-refractivity contribution in [3.8, 4) is 0 Å². The van der Waals surface area contributed by atoms with Crippen molar-refractivity contribution in [2.45, 2.75) is 59.4 Å². The molecule has 0 saturated heterocycles. The number of aromatic nitrogens is 2. The molecule has 0 aliphatic rings. The van der Waals surface area contributed by atoms with E-state index in [1.165, 1.54) is 17.5 Å². The second-order valence-corrected chi connectivity index (χ2v) is 7.54. The Hall–Kier alpha value is -2.48. The lowest BCUT2D eigenvalue weighted by atomic mass is 9.99. The van der Waals surface area contributed by atoms with Gasteiger partial charge in [-0.25, -0.2) is 4.68 Å². The number of unbranched alkanes of at least 4 members (excludes halogenated alkanes) is 1. The van der Waals surface area contributed by atoms with Crippen LogP contribution < -0.4 is 21.7 Å². The van der Waals surface area contributed by atoms with Gasteiger partial charge in [-0.15, -0.1) is 0 Å². The number of amides is 1. The summed E-state index contributed by atoms with van der Waals surface area (Å²) in [5, 5.41) is 8.79. The normalized spacial score (nSPS) is 11.8. The molecule has 8 heteroatoms. The average molecular weight is 418 g/mol. The number of rotatable bonds is 9. The molecular weight excluding hydrogens is 386 g/mol. The van der Waals surface area contributed by atoms with Crippen LogP contribution in [0.25, 0.3) is 10.8 Å². The predicted octanol–water partition coefficient (Wildman–Crippen LogP) is 3.13. The maximum atomic E-state index is 12.7. The number of hydrazine groups is 1. The first-order chi connectivity index (χ1) is 14.0. The van der Waals surface area contributed by atoms with Gasteiger partial charge in [0.05, 0.1) is 5.39 Å². The largest absolute Gasteiger partial charge is 0.361 e. The molecule has 3 N–H and O–H groups in total. The van der Waals surface area contributed by atoms with E-state index in [1.54, 1.807) is 24.3 Å². The van der Waals surface area contributed by atoms with E-state index in [0.717, 1.165) is 25.8 Å². The first-order valence-corrected chi connectivity index (χ1v) is 10.8. The van der Waals surface area contributed by atoms with Gasteiger partial charge < -0.3 is 5.32 Å². The number of hydrogen-bond donors (Lipinski definition) is 3. The number of carbonyl (C=O) groups excluding carboxylic acids is 1. The molecule has 1 atom stereocenters. The monoisotopic (exact) mass is 417 g/mol. The summed E-state index contributed by atoms with van der Waals surface area (Å²) in [4.78, 5) is 25.3. The third-order valence-corrected chi connectivity index (χ3v) is 5.15. The quantitative estimate of drug-likeness (QED) is 0.429. The lowest BCUT2D eigenvalue weighted by Crippen LogP contribution is -2.48. The Bertz CT molecular complexity index is 896. The SMILES string of the molecule is CCCC[C@H](CC)CNC(=S)NNC(=O)c1nn(CCC)c(=O)c2ccccc12. The van der Waals surface area contributed by atoms with Crippen LogP contribution in [-0.2, 0) is 6.54 Å². The average Bonchev–Trinajstić information content (AvgIpc) is 2.74. The molecule has 1 aromatic carbocycles. The summed E-state index contributed by atoms with van der Waals surface area (Å²) in [6.07, 6.45) is 5.36. The molecule has 0 aliphatic carbocycles. The van der Waals surface area contributed by atoms with Crippen LogP contribution in [0.1, 0.15) is 63.4 Å². The van der Waals surface area contributed by atoms with Crippen LogP contribution in [0.15, 0.2) is 29.1 Å². The van der Waals surface area contributed by atoms with Gasteiger partial charge in [-0.05, 0) is 37.0 Å². The number of carbonyl (C=O) groups is 1. The Morgan fingerprint density at radius 1 is 1.14 bits per heavy atom. The van der Waals surface area contributed by atoms with Crippen LogP contribution >= 0.6 is 12.2 Å². The molecule has 0 unspecified atom stereocenters. The Balaban J connectivity index is 2.05. The number of benzene rings is 1. The minimum Gasteiger partial charge on any atom is -0.361 e. The molecule has 2 rings (SSSR count). The van der Waals surface area contributed by atoms with E-state index in [9.17, 15) is 9.59 Å². The third-order valence-electron chi connectivity index (χ3n) is 4.90. The van der Waals surface area contributed by atoms with Gasteiger partial charge in [-0.2, -0.15) is 5.10 Å². The zero-order chi connectivity index (χ0) is 21.2. The minimum atomic E-state index is -0.437. The second-order valence-electron chi connectivity index (χ2n) is 7.13. The highest BCUT2D eigenvalue weighted by molar-refractivity contribution is 7.80. The number of nitrogens with one attached hydrogen (secondary N) is 3. The zero-order valence-corrected chi connectivity index (χ0v) is 18.3. The van der Waals surface area contributed by atoms with Crippen molar-refractivity contribution in [2.75, 3.05) is 6.54 Å². The molecule has 7 nitrogen and oxygen atoms in total. The maximum absolute atomic E-state index is 12.7. The van der Waals surface area contributed by atoms with E-state index in [0.29, 0.717) is 28.3 Å². The fraction of sp³-hybridized carbons (Fsp3) is 0.524. The molecule has 1 heterocycles. The molecule has 1 aromatic heterocycles. The van der Waals surface area contributed by atoms with Crippen LogP contribution in [-0.4, -0.2) is 27.3 Å². The van der Waals surface area contributed by atoms with Gasteiger partial charge in [0.15, 0.2) is 10.8 Å². The maximum Gasteiger partial charge on any atom is 0.290 e. The van der Waals surface area contributed by atoms with Crippen molar-refractivity contribution in [3.63, 3.8) is 0 Å². The van der Waals surface area contributed by atoms with E-state index < -0.39 is 5.91 Å². The molecular formula is C21H31N5O2S. The summed E-state index contributed by atoms with van der Waals surface area (Å²) in [5.41, 5.74) is 5.33. The Morgan fingerprint density at radius 3 is 2.52 bits per heavy atom. The predicted molar refractivity (Wildman–Crippen MR) is 121 cm³/mol. The Morgan fingerprint density at radius 2 is 1.86 bits per heavy atom. The van der Waals surface area contributed by atoms with Crippen LogP contribution in [0.4, 0.5) is 0 Å². The second kappa shape index (κ2) is 11.5. The molecule has 0 fully saturated rings. The number of hydrogen-bond acceptors (Lipinski definition) is 4. The molecule has 0 aliphatic heterocycles. The summed E-state index contributed by atoms with van der Waals surface area (Å²) in [6, 6.07) is 7.00. The van der Waals surface area contributed by atoms with Crippen molar-refractivity contribution >= 4 is 34.0 Å². The molecule has 29 heavy (non-hydrogen) atoms. The van der Waals surface area contributed by atoms with E-state index in [4.69, 9.17) is 12.2 Å². The standard InChI is InChI=1S/C21H31N5O2S/c1-4-7-10-15(6-3)14-22-21(29)24-23-19(27)18-16-11-8-9-12-17(16)20(28)26(25-18)13-5-2/h8-9,11-12,15H,4-7,10,13-14H2,1-3H3,(H,23,27)(H2,22,24,29)/t15-/m0/s1. The highest BCUT2D eigenvalue weighted by Gasteiger charge is 2.16. The van der Waals surface area contributed by atoms with Gasteiger partial charge in [-0.3, -0.25) is 20.4 Å². The number of thiocarbonyl (C=S) groups is 1. The highest BCUT2D eigenvalue weighted by Crippen LogP contribution is 2.13. The fourth-order valence-electron chi connectivity index (χ4n) is 3.16. The van der Waals surface area contributed by atoms with Gasteiger partial charge in [0.25, 0.3) is 11.5 Å². The minimum absolute atomic E-state index is 0.193. The van der Waals surface area contributed by atoms with Crippen LogP contribution in [0.5, 0.6) is 0 Å². The Labute approximate surface area is 177 Å². The van der Waals surface area contributed by atoms with Crippen molar-refractivity contribution in [3.05, 3.63) is 40.3 Å². The topological polar surface area (TPSA) is 88.0 Å². The smallest absolute Gasteiger partial charge is 0.290 e. The summed E-state index contributed by atoms with van der Waals surface area (Å²) in [5.74, 6) is 0.113. The molecule has 158 valence electrons. The fourth-order valence-corrected chi connectivity index (χ4v) is 3.30. The van der Waals surface area contributed by atoms with Crippen molar-refractivity contribution in [1.29, 1.82) is 0 Å². The number of aryl methyl sites for hydroxylation is 1. The van der Waals surface area contributed by atoms with Crippen molar-refractivity contribution in [2.24, 2.45) is 5.92 Å². The molecule has 0 saturated carbocycles. The first kappa shape index (κ1) is 22.8. The van der Waals surface area contributed by atoms with E-state index in [-0.39, 0.29) is 11.3 Å². The van der Waals surface area contributed by atoms with E-state index in [2.05, 4.69) is 35.1 Å². The van der Waals surface area contributed by atoms with Crippen LogP contribution in [0.3, 0.4) is 0 Å². The van der Waals surface area contributed by atoms with Crippen molar-refractivity contribution < 1.29 is 4.79 Å². The van der Waals surface area contributed by atoms with Gasteiger partial charge in [-0.1, -0.05) is 58.2 Å². The zero-order valence-electron chi connectivity index (χ0n) is 17.5. The molecule has 2 aromatic rings. The molecule has 0 radical (unpaired) electrons. The van der Waals surface area contributed by atoms with E-state index >= 15 is 0 Å². The van der Waals surface area contributed by atoms with E-state index in [1.807, 2.05) is 6.92 Å². The molecule has 0 spiro atoms. The van der Waals surface area contributed by atoms with Gasteiger partial charge in [0, 0.05) is 18.5 Å².